The van der Waals surface area contributed by atoms with E-state index in [9.17, 15) is 3.74 Å². The van der Waals surface area contributed by atoms with Crippen LogP contribution < -0.4 is 10.1 Å². The molecule has 2 aromatic rings. The number of azo groups is 1. The van der Waals surface area contributed by atoms with Gasteiger partial charge in [0.25, 0.3) is 0 Å². The molecule has 19 heavy (non-hydrogen) atoms. The Morgan fingerprint density at radius 2 is 1.26 bits per heavy atom. The monoisotopic (exact) mass is 321 g/mol. The first kappa shape index (κ1) is 13.5. The fourth-order valence-electron chi connectivity index (χ4n) is 1.37. The van der Waals surface area contributed by atoms with Crippen LogP contribution in [0.2, 0.25) is 0 Å². The SMILES string of the molecule is Nc1ccc(N=Nc2ccc([As](=O)(O)O)cc2)cc1. The molecule has 2 rings (SSSR count). The van der Waals surface area contributed by atoms with Crippen molar-refractivity contribution in [2.24, 2.45) is 10.2 Å². The first-order valence-electron chi connectivity index (χ1n) is 5.38. The predicted molar refractivity (Wildman–Crippen MR) is 72.0 cm³/mol. The number of hydrogen-bond donors (Lipinski definition) is 3. The normalized spacial score (nSPS) is 11.9. The van der Waals surface area contributed by atoms with Gasteiger partial charge in [-0.1, -0.05) is 0 Å². The Labute approximate surface area is 112 Å². The minimum atomic E-state index is -4.82. The van der Waals surface area contributed by atoms with Gasteiger partial charge < -0.3 is 0 Å². The molecule has 0 radical (unpaired) electrons. The summed E-state index contributed by atoms with van der Waals surface area (Å²) < 4.78 is 29.1. The average molecular weight is 321 g/mol. The quantitative estimate of drug-likeness (QED) is 0.449. The Balaban J connectivity index is 2.15. The van der Waals surface area contributed by atoms with Crippen LogP contribution in [0.1, 0.15) is 0 Å². The Morgan fingerprint density at radius 1 is 0.842 bits per heavy atom. The molecule has 0 fully saturated rings. The summed E-state index contributed by atoms with van der Waals surface area (Å²) in [5.74, 6) is 0. The molecule has 2 aromatic carbocycles. The molecule has 0 unspecified atom stereocenters. The molecule has 0 aliphatic heterocycles. The van der Waals surface area contributed by atoms with Gasteiger partial charge in [0, 0.05) is 0 Å². The van der Waals surface area contributed by atoms with E-state index in [2.05, 4.69) is 10.2 Å². The van der Waals surface area contributed by atoms with Crippen LogP contribution in [0.5, 0.6) is 0 Å². The van der Waals surface area contributed by atoms with Crippen LogP contribution in [0.4, 0.5) is 17.1 Å². The molecular formula is C12H12AsN3O3. The molecule has 98 valence electrons. The van der Waals surface area contributed by atoms with Gasteiger partial charge >= 0.3 is 112 Å². The van der Waals surface area contributed by atoms with E-state index in [0.717, 1.165) is 0 Å². The third-order valence-corrected chi connectivity index (χ3v) is 4.40. The van der Waals surface area contributed by atoms with E-state index >= 15 is 0 Å². The Hall–Kier alpha value is -1.88. The summed E-state index contributed by atoms with van der Waals surface area (Å²) in [7, 11) is 0. The summed E-state index contributed by atoms with van der Waals surface area (Å²) >= 11 is -4.82. The van der Waals surface area contributed by atoms with Crippen molar-refractivity contribution >= 4 is 35.6 Å². The number of benzene rings is 2. The van der Waals surface area contributed by atoms with E-state index < -0.39 is 14.2 Å². The molecule has 0 aliphatic rings. The molecule has 0 saturated heterocycles. The van der Waals surface area contributed by atoms with E-state index in [1.165, 1.54) is 24.3 Å². The fraction of sp³-hybridized carbons (Fsp3) is 0. The van der Waals surface area contributed by atoms with E-state index in [4.69, 9.17) is 13.9 Å². The van der Waals surface area contributed by atoms with Crippen molar-refractivity contribution in [3.8, 4) is 0 Å². The van der Waals surface area contributed by atoms with Crippen molar-refractivity contribution in [2.45, 2.75) is 0 Å². The molecular weight excluding hydrogens is 309 g/mol. The van der Waals surface area contributed by atoms with Gasteiger partial charge in [0.15, 0.2) is 0 Å². The van der Waals surface area contributed by atoms with Gasteiger partial charge in [-0.25, -0.2) is 0 Å². The summed E-state index contributed by atoms with van der Waals surface area (Å²) in [6, 6.07) is 12.6. The van der Waals surface area contributed by atoms with Gasteiger partial charge in [-0.15, -0.1) is 0 Å². The molecule has 4 N–H and O–H groups in total. The third kappa shape index (κ3) is 3.79. The van der Waals surface area contributed by atoms with Crippen LogP contribution in [-0.4, -0.2) is 22.4 Å². The van der Waals surface area contributed by atoms with Crippen molar-refractivity contribution in [1.29, 1.82) is 0 Å². The maximum atomic E-state index is 11.0. The minimum absolute atomic E-state index is 0.0181. The number of nitrogen functional groups attached to an aromatic ring is 1. The molecule has 0 spiro atoms. The van der Waals surface area contributed by atoms with Crippen molar-refractivity contribution < 1.29 is 11.9 Å². The average Bonchev–Trinajstić information content (AvgIpc) is 2.37. The molecule has 6 nitrogen and oxygen atoms in total. The van der Waals surface area contributed by atoms with Crippen molar-refractivity contribution in [1.82, 2.24) is 0 Å². The molecule has 0 atom stereocenters. The summed E-state index contributed by atoms with van der Waals surface area (Å²) in [5, 5.41) is 7.96. The third-order valence-electron chi connectivity index (χ3n) is 2.36. The molecule has 0 aliphatic carbocycles. The zero-order valence-corrected chi connectivity index (χ0v) is 11.7. The van der Waals surface area contributed by atoms with Crippen LogP contribution >= 0.6 is 0 Å². The summed E-state index contributed by atoms with van der Waals surface area (Å²) in [6.45, 7) is 0. The molecule has 0 bridgehead atoms. The molecule has 0 heterocycles. The Morgan fingerprint density at radius 3 is 1.68 bits per heavy atom. The zero-order chi connectivity index (χ0) is 13.9. The molecule has 0 aromatic heterocycles. The van der Waals surface area contributed by atoms with Crippen molar-refractivity contribution in [3.63, 3.8) is 0 Å². The number of rotatable bonds is 3. The Bertz CT molecular complexity index is 632. The van der Waals surface area contributed by atoms with Crippen LogP contribution in [0.15, 0.2) is 58.8 Å². The Kier molecular flexibility index (Phi) is 3.85. The van der Waals surface area contributed by atoms with E-state index in [1.54, 1.807) is 24.3 Å². The molecule has 0 amide bonds. The number of nitrogens with two attached hydrogens (primary N) is 1. The zero-order valence-electron chi connectivity index (χ0n) is 9.84. The maximum absolute atomic E-state index is 11.0. The van der Waals surface area contributed by atoms with Gasteiger partial charge in [0.05, 0.1) is 0 Å². The van der Waals surface area contributed by atoms with Crippen molar-refractivity contribution in [3.05, 3.63) is 48.5 Å². The number of anilines is 1. The van der Waals surface area contributed by atoms with E-state index in [-0.39, 0.29) is 4.35 Å². The van der Waals surface area contributed by atoms with Gasteiger partial charge in [0.2, 0.25) is 0 Å². The molecule has 0 saturated carbocycles. The predicted octanol–water partition coefficient (Wildman–Crippen LogP) is 1.25. The summed E-state index contributed by atoms with van der Waals surface area (Å²) in [5.41, 5.74) is 7.36. The molecule has 7 heteroatoms. The van der Waals surface area contributed by atoms with Gasteiger partial charge in [0.1, 0.15) is 0 Å². The van der Waals surface area contributed by atoms with Gasteiger partial charge in [-0.2, -0.15) is 0 Å². The first-order valence-corrected chi connectivity index (χ1v) is 8.77. The van der Waals surface area contributed by atoms with Gasteiger partial charge in [-0.3, -0.25) is 0 Å². The van der Waals surface area contributed by atoms with Crippen LogP contribution in [0.3, 0.4) is 0 Å². The van der Waals surface area contributed by atoms with Crippen molar-refractivity contribution in [2.75, 3.05) is 5.73 Å². The van der Waals surface area contributed by atoms with Crippen LogP contribution in [0.25, 0.3) is 0 Å². The second-order valence-electron chi connectivity index (χ2n) is 3.85. The standard InChI is InChI=1S/C12H12AsN3O3/c14-10-3-7-12(8-4-10)16-15-11-5-1-9(2-6-11)13(17,18)19/h1-8H,14H2,(H2,17,18,19). The van der Waals surface area contributed by atoms with Crippen LogP contribution in [0, 0.1) is 0 Å². The van der Waals surface area contributed by atoms with E-state index in [0.29, 0.717) is 17.1 Å². The fourth-order valence-corrected chi connectivity index (χ4v) is 2.50. The second kappa shape index (κ2) is 5.40. The first-order chi connectivity index (χ1) is 8.95. The number of nitrogens with zero attached hydrogens (tertiary/aromatic N) is 2. The topological polar surface area (TPSA) is 108 Å². The summed E-state index contributed by atoms with van der Waals surface area (Å²) in [4.78, 5) is 0. The van der Waals surface area contributed by atoms with Gasteiger partial charge in [-0.05, 0) is 0 Å². The van der Waals surface area contributed by atoms with Crippen LogP contribution in [-0.2, 0) is 3.74 Å². The second-order valence-corrected chi connectivity index (χ2v) is 7.22. The van der Waals surface area contributed by atoms with E-state index in [1.807, 2.05) is 0 Å². The number of hydrogen-bond acceptors (Lipinski definition) is 4. The summed E-state index contributed by atoms with van der Waals surface area (Å²) in [6.07, 6.45) is 0.